The quantitative estimate of drug-likeness (QED) is 0.566. The molecule has 0 aromatic carbocycles. The van der Waals surface area contributed by atoms with E-state index in [9.17, 15) is 0 Å². The van der Waals surface area contributed by atoms with Crippen molar-refractivity contribution in [2.45, 2.75) is 46.6 Å². The molecule has 11 heavy (non-hydrogen) atoms. The van der Waals surface area contributed by atoms with Crippen LogP contribution in [0.15, 0.2) is 0 Å². The fourth-order valence-electron chi connectivity index (χ4n) is 0.859. The van der Waals surface area contributed by atoms with E-state index >= 15 is 0 Å². The molecule has 1 saturated heterocycles. The van der Waals surface area contributed by atoms with Crippen molar-refractivity contribution >= 4 is 0 Å². The smallest absolute Gasteiger partial charge is 0.00391 e. The Kier molecular flexibility index (Phi) is 15.4. The first-order chi connectivity index (χ1) is 5.31. The zero-order valence-corrected chi connectivity index (χ0v) is 8.48. The summed E-state index contributed by atoms with van der Waals surface area (Å²) in [5.74, 6) is 0. The van der Waals surface area contributed by atoms with E-state index in [1.54, 1.807) is 0 Å². The van der Waals surface area contributed by atoms with Crippen LogP contribution < -0.4 is 11.1 Å². The Labute approximate surface area is 71.6 Å². The standard InChI is InChI=1S/C5H11N.C2H7N.C2H6/c1-5-3-2-4-6-5;1-2-3;1-2/h5-6H,2-4H2,1H3;2-3H2,1H3;1-2H3. The molecule has 1 atom stereocenters. The zero-order valence-electron chi connectivity index (χ0n) is 8.48. The molecule has 0 aliphatic carbocycles. The Morgan fingerprint density at radius 1 is 1.45 bits per heavy atom. The van der Waals surface area contributed by atoms with Crippen molar-refractivity contribution in [1.29, 1.82) is 0 Å². The van der Waals surface area contributed by atoms with Gasteiger partial charge in [0.1, 0.15) is 0 Å². The fourth-order valence-corrected chi connectivity index (χ4v) is 0.859. The van der Waals surface area contributed by atoms with E-state index < -0.39 is 0 Å². The Hall–Kier alpha value is -0.0800. The van der Waals surface area contributed by atoms with Gasteiger partial charge in [-0.2, -0.15) is 0 Å². The highest BCUT2D eigenvalue weighted by molar-refractivity contribution is 4.67. The first-order valence-electron chi connectivity index (χ1n) is 4.74. The van der Waals surface area contributed by atoms with Crippen molar-refractivity contribution in [3.63, 3.8) is 0 Å². The van der Waals surface area contributed by atoms with Crippen LogP contribution in [0.1, 0.15) is 40.5 Å². The largest absolute Gasteiger partial charge is 0.331 e. The van der Waals surface area contributed by atoms with Crippen LogP contribution in [0.2, 0.25) is 0 Å². The maximum atomic E-state index is 4.85. The lowest BCUT2D eigenvalue weighted by Gasteiger charge is -1.95. The second-order valence-electron chi connectivity index (χ2n) is 2.41. The summed E-state index contributed by atoms with van der Waals surface area (Å²) in [6.45, 7) is 10.1. The maximum Gasteiger partial charge on any atom is 0.00391 e. The molecule has 1 unspecified atom stereocenters. The Morgan fingerprint density at radius 2 is 1.91 bits per heavy atom. The number of rotatable bonds is 0. The number of nitrogens with two attached hydrogens (primary N) is 1. The second kappa shape index (κ2) is 12.6. The zero-order chi connectivity index (χ0) is 9.11. The summed E-state index contributed by atoms with van der Waals surface area (Å²) in [6.07, 6.45) is 2.75. The number of nitrogens with one attached hydrogen (secondary N) is 1. The van der Waals surface area contributed by atoms with Gasteiger partial charge in [-0.05, 0) is 32.9 Å². The van der Waals surface area contributed by atoms with Gasteiger partial charge in [0.05, 0.1) is 0 Å². The van der Waals surface area contributed by atoms with Gasteiger partial charge in [0.2, 0.25) is 0 Å². The van der Waals surface area contributed by atoms with E-state index in [0.29, 0.717) is 0 Å². The minimum atomic E-state index is 0.750. The molecule has 0 spiro atoms. The van der Waals surface area contributed by atoms with E-state index in [1.165, 1.54) is 19.4 Å². The van der Waals surface area contributed by atoms with E-state index in [2.05, 4.69) is 12.2 Å². The molecule has 1 aliphatic rings. The molecule has 1 aliphatic heterocycles. The maximum absolute atomic E-state index is 4.85. The van der Waals surface area contributed by atoms with Crippen LogP contribution in [0, 0.1) is 0 Å². The molecule has 0 aromatic heterocycles. The summed E-state index contributed by atoms with van der Waals surface area (Å²) in [5.41, 5.74) is 4.85. The molecule has 1 rings (SSSR count). The number of hydrogen-bond acceptors (Lipinski definition) is 2. The molecular weight excluding hydrogens is 136 g/mol. The SMILES string of the molecule is CC.CC1CCCN1.CCN. The van der Waals surface area contributed by atoms with Crippen LogP contribution in [0.4, 0.5) is 0 Å². The molecule has 0 amide bonds. The normalized spacial score (nSPS) is 21.0. The molecule has 0 radical (unpaired) electrons. The van der Waals surface area contributed by atoms with Gasteiger partial charge in [0, 0.05) is 6.04 Å². The fraction of sp³-hybridized carbons (Fsp3) is 1.00. The molecule has 1 fully saturated rings. The van der Waals surface area contributed by atoms with Gasteiger partial charge >= 0.3 is 0 Å². The van der Waals surface area contributed by atoms with Crippen molar-refractivity contribution < 1.29 is 0 Å². The molecular formula is C9H24N2. The van der Waals surface area contributed by atoms with Gasteiger partial charge in [-0.1, -0.05) is 20.8 Å². The van der Waals surface area contributed by atoms with Crippen LogP contribution in [-0.2, 0) is 0 Å². The Bertz CT molecular complexity index is 49.5. The molecule has 2 heteroatoms. The monoisotopic (exact) mass is 160 g/mol. The van der Waals surface area contributed by atoms with Crippen molar-refractivity contribution in [2.75, 3.05) is 13.1 Å². The highest BCUT2D eigenvalue weighted by Crippen LogP contribution is 2.01. The second-order valence-corrected chi connectivity index (χ2v) is 2.41. The Morgan fingerprint density at radius 3 is 2.00 bits per heavy atom. The van der Waals surface area contributed by atoms with Crippen LogP contribution in [0.3, 0.4) is 0 Å². The summed E-state index contributed by atoms with van der Waals surface area (Å²) in [4.78, 5) is 0. The van der Waals surface area contributed by atoms with Crippen LogP contribution in [0.5, 0.6) is 0 Å². The van der Waals surface area contributed by atoms with E-state index in [-0.39, 0.29) is 0 Å². The molecule has 0 bridgehead atoms. The lowest BCUT2D eigenvalue weighted by Crippen LogP contribution is -2.16. The van der Waals surface area contributed by atoms with Gasteiger partial charge < -0.3 is 11.1 Å². The highest BCUT2D eigenvalue weighted by atomic mass is 14.9. The average Bonchev–Trinajstić information content (AvgIpc) is 2.46. The lowest BCUT2D eigenvalue weighted by atomic mass is 10.3. The topological polar surface area (TPSA) is 38.0 Å². The van der Waals surface area contributed by atoms with E-state index in [1.807, 2.05) is 20.8 Å². The minimum Gasteiger partial charge on any atom is -0.331 e. The van der Waals surface area contributed by atoms with Gasteiger partial charge in [0.15, 0.2) is 0 Å². The predicted octanol–water partition coefficient (Wildman–Crippen LogP) is 1.75. The molecule has 70 valence electrons. The lowest BCUT2D eigenvalue weighted by molar-refractivity contribution is 0.664. The van der Waals surface area contributed by atoms with Gasteiger partial charge in [-0.25, -0.2) is 0 Å². The third-order valence-electron chi connectivity index (χ3n) is 1.31. The molecule has 0 saturated carbocycles. The van der Waals surface area contributed by atoms with Crippen LogP contribution >= 0.6 is 0 Å². The first kappa shape index (κ1) is 13.5. The summed E-state index contributed by atoms with van der Waals surface area (Å²) in [6, 6.07) is 0.796. The minimum absolute atomic E-state index is 0.750. The summed E-state index contributed by atoms with van der Waals surface area (Å²) in [7, 11) is 0. The van der Waals surface area contributed by atoms with E-state index in [4.69, 9.17) is 5.73 Å². The van der Waals surface area contributed by atoms with E-state index in [0.717, 1.165) is 12.6 Å². The molecule has 2 nitrogen and oxygen atoms in total. The van der Waals surface area contributed by atoms with Crippen molar-refractivity contribution in [3.05, 3.63) is 0 Å². The molecule has 3 N–H and O–H groups in total. The summed E-state index contributed by atoms with van der Waals surface area (Å²) < 4.78 is 0. The third-order valence-corrected chi connectivity index (χ3v) is 1.31. The summed E-state index contributed by atoms with van der Waals surface area (Å²) in [5, 5.41) is 3.32. The van der Waals surface area contributed by atoms with Crippen molar-refractivity contribution in [3.8, 4) is 0 Å². The van der Waals surface area contributed by atoms with Gasteiger partial charge in [0.25, 0.3) is 0 Å². The molecule has 1 heterocycles. The predicted molar refractivity (Wildman–Crippen MR) is 52.8 cm³/mol. The molecule has 0 aromatic rings. The Balaban J connectivity index is 0. The van der Waals surface area contributed by atoms with Crippen LogP contribution in [-0.4, -0.2) is 19.1 Å². The van der Waals surface area contributed by atoms with Gasteiger partial charge in [-0.3, -0.25) is 0 Å². The highest BCUT2D eigenvalue weighted by Gasteiger charge is 2.05. The third kappa shape index (κ3) is 13.0. The van der Waals surface area contributed by atoms with Crippen LogP contribution in [0.25, 0.3) is 0 Å². The average molecular weight is 160 g/mol. The number of hydrogen-bond donors (Lipinski definition) is 2. The first-order valence-corrected chi connectivity index (χ1v) is 4.74. The van der Waals surface area contributed by atoms with Crippen molar-refractivity contribution in [2.24, 2.45) is 5.73 Å². The van der Waals surface area contributed by atoms with Gasteiger partial charge in [-0.15, -0.1) is 0 Å². The summed E-state index contributed by atoms with van der Waals surface area (Å²) >= 11 is 0. The van der Waals surface area contributed by atoms with Crippen molar-refractivity contribution in [1.82, 2.24) is 5.32 Å².